The van der Waals surface area contributed by atoms with Gasteiger partial charge in [0, 0.05) is 13.1 Å². The number of aliphatic hydroxyl groups is 1. The molecule has 1 aliphatic carbocycles. The first-order chi connectivity index (χ1) is 16.4. The minimum Gasteiger partial charge on any atom is -0.480 e. The molecule has 0 aromatic rings. The van der Waals surface area contributed by atoms with Crippen molar-refractivity contribution in [3.8, 4) is 0 Å². The van der Waals surface area contributed by atoms with Crippen molar-refractivity contribution in [2.24, 2.45) is 33.8 Å². The van der Waals surface area contributed by atoms with Gasteiger partial charge in [0.2, 0.25) is 17.7 Å². The second kappa shape index (κ2) is 12.1. The van der Waals surface area contributed by atoms with Gasteiger partial charge in [-0.3, -0.25) is 19.4 Å². The van der Waals surface area contributed by atoms with Crippen LogP contribution in [0.25, 0.3) is 0 Å². The zero-order valence-corrected chi connectivity index (χ0v) is 20.0. The standard InChI is InChI=1S/C21H38N8O6/c1-11(30)15(23)17(32)28-21(8-12(9-21)10-22)19(35)29-7-3-5-14(29)16(31)27-13(18(33)34)4-2-6-26-20(24)25/h11-15,30H,2-10,22-23H2,1H3,(H,27,31)(H,28,32)(H,33,34)(H4,24,25,26)/t11-,12?,13+,14+,15+,21?/m1/s1. The summed E-state index contributed by atoms with van der Waals surface area (Å²) in [6.07, 6.45) is 0.800. The number of aliphatic imine (C=N–C) groups is 1. The number of carbonyl (C=O) groups is 4. The number of aliphatic hydroxyl groups excluding tert-OH is 1. The van der Waals surface area contributed by atoms with Crippen LogP contribution in [0.1, 0.15) is 45.4 Å². The third-order valence-corrected chi connectivity index (χ3v) is 6.58. The summed E-state index contributed by atoms with van der Waals surface area (Å²) in [5.41, 5.74) is 20.7. The predicted octanol–water partition coefficient (Wildman–Crippen LogP) is -3.47. The molecule has 35 heavy (non-hydrogen) atoms. The van der Waals surface area contributed by atoms with Gasteiger partial charge < -0.3 is 48.7 Å². The number of carboxylic acids is 1. The van der Waals surface area contributed by atoms with Crippen LogP contribution in [0.15, 0.2) is 4.99 Å². The van der Waals surface area contributed by atoms with Gasteiger partial charge >= 0.3 is 5.97 Å². The van der Waals surface area contributed by atoms with Crippen molar-refractivity contribution in [1.82, 2.24) is 15.5 Å². The minimum atomic E-state index is -1.27. The van der Waals surface area contributed by atoms with Gasteiger partial charge in [0.15, 0.2) is 5.96 Å². The van der Waals surface area contributed by atoms with E-state index in [-0.39, 0.29) is 44.2 Å². The number of nitrogens with two attached hydrogens (primary N) is 4. The van der Waals surface area contributed by atoms with Gasteiger partial charge in [-0.25, -0.2) is 4.79 Å². The Bertz CT molecular complexity index is 825. The summed E-state index contributed by atoms with van der Waals surface area (Å²) < 4.78 is 0. The number of carboxylic acid groups (broad SMARTS) is 1. The van der Waals surface area contributed by atoms with Gasteiger partial charge in [-0.1, -0.05) is 0 Å². The zero-order valence-electron chi connectivity index (χ0n) is 20.0. The second-order valence-electron chi connectivity index (χ2n) is 9.35. The van der Waals surface area contributed by atoms with Crippen molar-refractivity contribution in [2.75, 3.05) is 19.6 Å². The number of nitrogens with one attached hydrogen (secondary N) is 2. The van der Waals surface area contributed by atoms with Crippen LogP contribution >= 0.6 is 0 Å². The fourth-order valence-corrected chi connectivity index (χ4v) is 4.55. The molecule has 1 saturated heterocycles. The number of amides is 3. The number of hydrogen-bond acceptors (Lipinski definition) is 8. The number of rotatable bonds is 12. The van der Waals surface area contributed by atoms with Gasteiger partial charge in [0.05, 0.1) is 6.10 Å². The molecule has 1 aliphatic heterocycles. The Morgan fingerprint density at radius 3 is 2.43 bits per heavy atom. The van der Waals surface area contributed by atoms with Crippen LogP contribution < -0.4 is 33.6 Å². The Hall–Kier alpha value is -2.97. The highest BCUT2D eigenvalue weighted by molar-refractivity contribution is 5.97. The molecule has 0 spiro atoms. The maximum Gasteiger partial charge on any atom is 0.326 e. The van der Waals surface area contributed by atoms with Crippen molar-refractivity contribution >= 4 is 29.7 Å². The summed E-state index contributed by atoms with van der Waals surface area (Å²) >= 11 is 0. The van der Waals surface area contributed by atoms with E-state index in [2.05, 4.69) is 15.6 Å². The molecule has 2 rings (SSSR count). The minimum absolute atomic E-state index is 0.0125. The Morgan fingerprint density at radius 1 is 1.23 bits per heavy atom. The third kappa shape index (κ3) is 7.02. The lowest BCUT2D eigenvalue weighted by molar-refractivity contribution is -0.152. The van der Waals surface area contributed by atoms with E-state index < -0.39 is 53.5 Å². The zero-order chi connectivity index (χ0) is 26.3. The first-order valence-corrected chi connectivity index (χ1v) is 11.8. The van der Waals surface area contributed by atoms with Crippen LogP contribution in [0.4, 0.5) is 0 Å². The summed E-state index contributed by atoms with van der Waals surface area (Å²) in [4.78, 5) is 55.9. The number of likely N-dealkylation sites (tertiary alicyclic amines) is 1. The lowest BCUT2D eigenvalue weighted by atomic mass is 9.67. The average molecular weight is 499 g/mol. The van der Waals surface area contributed by atoms with E-state index in [1.54, 1.807) is 0 Å². The Balaban J connectivity index is 2.11. The van der Waals surface area contributed by atoms with Crippen LogP contribution in [-0.2, 0) is 19.2 Å². The first-order valence-electron chi connectivity index (χ1n) is 11.8. The summed E-state index contributed by atoms with van der Waals surface area (Å²) in [5.74, 6) is -2.99. The second-order valence-corrected chi connectivity index (χ2v) is 9.35. The maximum atomic E-state index is 13.6. The lowest BCUT2D eigenvalue weighted by Gasteiger charge is -2.49. The van der Waals surface area contributed by atoms with Gasteiger partial charge in [-0.15, -0.1) is 0 Å². The van der Waals surface area contributed by atoms with Crippen LogP contribution in [0, 0.1) is 5.92 Å². The molecule has 0 radical (unpaired) electrons. The van der Waals surface area contributed by atoms with Crippen molar-refractivity contribution < 1.29 is 29.4 Å². The van der Waals surface area contributed by atoms with Gasteiger partial charge in [0.1, 0.15) is 23.7 Å². The Kier molecular flexibility index (Phi) is 9.80. The van der Waals surface area contributed by atoms with E-state index in [9.17, 15) is 29.4 Å². The molecule has 0 unspecified atom stereocenters. The SMILES string of the molecule is C[C@@H](O)[C@H](N)C(=O)NC1(C(=O)N2CCC[C@H]2C(=O)N[C@@H](CCCN=C(N)N)C(=O)O)CC(CN)C1. The number of nitrogens with zero attached hydrogens (tertiary/aromatic N) is 2. The molecule has 198 valence electrons. The van der Waals surface area contributed by atoms with Crippen molar-refractivity contribution in [1.29, 1.82) is 0 Å². The highest BCUT2D eigenvalue weighted by Gasteiger charge is 2.54. The largest absolute Gasteiger partial charge is 0.480 e. The number of guanidine groups is 1. The van der Waals surface area contributed by atoms with Gasteiger partial charge in [-0.2, -0.15) is 0 Å². The van der Waals surface area contributed by atoms with Crippen LogP contribution in [0.2, 0.25) is 0 Å². The van der Waals surface area contributed by atoms with Gasteiger partial charge in [0.25, 0.3) is 0 Å². The normalized spacial score (nSPS) is 26.1. The highest BCUT2D eigenvalue weighted by atomic mass is 16.4. The molecule has 0 aromatic heterocycles. The van der Waals surface area contributed by atoms with Crippen molar-refractivity contribution in [2.45, 2.75) is 75.2 Å². The molecule has 0 bridgehead atoms. The van der Waals surface area contributed by atoms with E-state index in [1.165, 1.54) is 11.8 Å². The number of hydrogen-bond donors (Lipinski definition) is 8. The molecule has 2 fully saturated rings. The smallest absolute Gasteiger partial charge is 0.326 e. The van der Waals surface area contributed by atoms with E-state index in [0.717, 1.165) is 0 Å². The molecule has 14 nitrogen and oxygen atoms in total. The number of carbonyl (C=O) groups excluding carboxylic acids is 3. The molecule has 14 heteroatoms. The van der Waals surface area contributed by atoms with E-state index in [0.29, 0.717) is 25.8 Å². The van der Waals surface area contributed by atoms with Gasteiger partial charge in [-0.05, 0) is 57.9 Å². The van der Waals surface area contributed by atoms with Crippen LogP contribution in [0.5, 0.6) is 0 Å². The lowest BCUT2D eigenvalue weighted by Crippen LogP contribution is -2.70. The van der Waals surface area contributed by atoms with Crippen LogP contribution in [-0.4, -0.2) is 94.2 Å². The fraction of sp³-hybridized carbons (Fsp3) is 0.762. The molecule has 3 amide bonds. The number of aliphatic carboxylic acids is 1. The maximum absolute atomic E-state index is 13.6. The van der Waals surface area contributed by atoms with Crippen molar-refractivity contribution in [3.05, 3.63) is 0 Å². The topological polar surface area (TPSA) is 252 Å². The molecule has 0 aromatic carbocycles. The van der Waals surface area contributed by atoms with Crippen LogP contribution in [0.3, 0.4) is 0 Å². The summed E-state index contributed by atoms with van der Waals surface area (Å²) in [6, 6.07) is -3.26. The fourth-order valence-electron chi connectivity index (χ4n) is 4.55. The first kappa shape index (κ1) is 28.3. The molecule has 1 saturated carbocycles. The predicted molar refractivity (Wildman–Crippen MR) is 127 cm³/mol. The molecular weight excluding hydrogens is 460 g/mol. The average Bonchev–Trinajstić information content (AvgIpc) is 3.26. The molecule has 1 heterocycles. The van der Waals surface area contributed by atoms with E-state index in [4.69, 9.17) is 22.9 Å². The molecule has 12 N–H and O–H groups in total. The monoisotopic (exact) mass is 498 g/mol. The van der Waals surface area contributed by atoms with E-state index >= 15 is 0 Å². The molecular formula is C21H38N8O6. The molecule has 4 atom stereocenters. The summed E-state index contributed by atoms with van der Waals surface area (Å²) in [7, 11) is 0. The summed E-state index contributed by atoms with van der Waals surface area (Å²) in [6.45, 7) is 2.21. The van der Waals surface area contributed by atoms with E-state index in [1.807, 2.05) is 0 Å². The summed E-state index contributed by atoms with van der Waals surface area (Å²) in [5, 5.41) is 24.4. The Labute approximate surface area is 203 Å². The Morgan fingerprint density at radius 2 is 1.89 bits per heavy atom. The third-order valence-electron chi connectivity index (χ3n) is 6.58. The molecule has 2 aliphatic rings. The van der Waals surface area contributed by atoms with Crippen molar-refractivity contribution in [3.63, 3.8) is 0 Å². The quantitative estimate of drug-likeness (QED) is 0.0749. The highest BCUT2D eigenvalue weighted by Crippen LogP contribution is 2.40.